The van der Waals surface area contributed by atoms with Crippen molar-refractivity contribution in [3.8, 4) is 0 Å². The number of morpholine rings is 1. The first kappa shape index (κ1) is 13.7. The summed E-state index contributed by atoms with van der Waals surface area (Å²) in [7, 11) is 0. The van der Waals surface area contributed by atoms with E-state index in [0.29, 0.717) is 24.1 Å². The van der Waals surface area contributed by atoms with Crippen LogP contribution in [0.4, 0.5) is 11.8 Å². The second-order valence-electron chi connectivity index (χ2n) is 4.28. The van der Waals surface area contributed by atoms with Gasteiger partial charge in [0.1, 0.15) is 11.0 Å². The van der Waals surface area contributed by atoms with E-state index in [-0.39, 0.29) is 24.6 Å². The van der Waals surface area contributed by atoms with Gasteiger partial charge in [-0.1, -0.05) is 16.7 Å². The summed E-state index contributed by atoms with van der Waals surface area (Å²) in [6.45, 7) is 3.38. The highest BCUT2D eigenvalue weighted by molar-refractivity contribution is 6.29. The minimum Gasteiger partial charge on any atom is -0.374 e. The van der Waals surface area contributed by atoms with Gasteiger partial charge >= 0.3 is 0 Å². The molecule has 8 nitrogen and oxygen atoms in total. The highest BCUT2D eigenvalue weighted by Crippen LogP contribution is 2.23. The Morgan fingerprint density at radius 2 is 2.47 bits per heavy atom. The van der Waals surface area contributed by atoms with Gasteiger partial charge in [0, 0.05) is 17.5 Å². The molecule has 0 aromatic carbocycles. The van der Waals surface area contributed by atoms with Crippen LogP contribution in [-0.4, -0.2) is 41.8 Å². The summed E-state index contributed by atoms with van der Waals surface area (Å²) in [5.74, 6) is 0.784. The molecule has 0 unspecified atom stereocenters. The van der Waals surface area contributed by atoms with Crippen molar-refractivity contribution in [2.24, 2.45) is 5.11 Å². The molecule has 1 aromatic rings. The molecule has 0 saturated carbocycles. The smallest absolute Gasteiger partial charge is 0.223 e. The highest BCUT2D eigenvalue weighted by Gasteiger charge is 2.27. The lowest BCUT2D eigenvalue weighted by molar-refractivity contribution is 0.0280. The standard InChI is InChI=1S/C10H14ClN7O/c1-6-5-19-7(3-14-17-13)4-18(6)9-2-8(11)15-10(12)16-9/h2,6-7H,3-5H2,1H3,(H2,12,15,16)/t6-,7-/m1/s1. The van der Waals surface area contributed by atoms with Gasteiger partial charge in [-0.25, -0.2) is 4.98 Å². The largest absolute Gasteiger partial charge is 0.374 e. The fourth-order valence-corrected chi connectivity index (χ4v) is 2.13. The molecule has 2 rings (SSSR count). The predicted molar refractivity (Wildman–Crippen MR) is 72.0 cm³/mol. The number of nitrogens with zero attached hydrogens (tertiary/aromatic N) is 6. The van der Waals surface area contributed by atoms with Crippen LogP contribution in [0.3, 0.4) is 0 Å². The maximum absolute atomic E-state index is 8.34. The van der Waals surface area contributed by atoms with E-state index in [9.17, 15) is 0 Å². The van der Waals surface area contributed by atoms with Crippen LogP contribution in [0.2, 0.25) is 5.15 Å². The van der Waals surface area contributed by atoms with Crippen LogP contribution in [0.25, 0.3) is 10.4 Å². The van der Waals surface area contributed by atoms with Crippen molar-refractivity contribution in [2.45, 2.75) is 19.1 Å². The summed E-state index contributed by atoms with van der Waals surface area (Å²) in [6, 6.07) is 1.79. The number of hydrogen-bond donors (Lipinski definition) is 1. The number of anilines is 2. The van der Waals surface area contributed by atoms with E-state index >= 15 is 0 Å². The Hall–Kier alpha value is -1.76. The maximum Gasteiger partial charge on any atom is 0.223 e. The number of hydrogen-bond acceptors (Lipinski definition) is 6. The molecule has 2 atom stereocenters. The molecule has 0 spiro atoms. The summed E-state index contributed by atoms with van der Waals surface area (Å²) >= 11 is 5.88. The minimum atomic E-state index is -0.165. The minimum absolute atomic E-state index is 0.132. The summed E-state index contributed by atoms with van der Waals surface area (Å²) in [5, 5.41) is 3.83. The summed E-state index contributed by atoms with van der Waals surface area (Å²) in [4.78, 5) is 12.8. The van der Waals surface area contributed by atoms with Crippen molar-refractivity contribution in [3.63, 3.8) is 0 Å². The molecule has 19 heavy (non-hydrogen) atoms. The molecular weight excluding hydrogens is 270 g/mol. The second kappa shape index (κ2) is 5.92. The normalized spacial score (nSPS) is 22.9. The van der Waals surface area contributed by atoms with Crippen LogP contribution < -0.4 is 10.6 Å². The van der Waals surface area contributed by atoms with Gasteiger partial charge in [-0.3, -0.25) is 0 Å². The van der Waals surface area contributed by atoms with E-state index in [4.69, 9.17) is 27.6 Å². The number of nitrogens with two attached hydrogens (primary N) is 1. The molecule has 0 bridgehead atoms. The number of ether oxygens (including phenoxy) is 1. The van der Waals surface area contributed by atoms with Crippen LogP contribution in [-0.2, 0) is 4.74 Å². The zero-order chi connectivity index (χ0) is 13.8. The van der Waals surface area contributed by atoms with Crippen molar-refractivity contribution in [1.82, 2.24) is 9.97 Å². The van der Waals surface area contributed by atoms with Gasteiger partial charge in [0.05, 0.1) is 25.3 Å². The summed E-state index contributed by atoms with van der Waals surface area (Å²) in [5.41, 5.74) is 13.9. The molecule has 0 amide bonds. The van der Waals surface area contributed by atoms with Crippen LogP contribution in [0.5, 0.6) is 0 Å². The Labute approximate surface area is 115 Å². The first-order valence-corrected chi connectivity index (χ1v) is 6.17. The molecule has 1 saturated heterocycles. The highest BCUT2D eigenvalue weighted by atomic mass is 35.5. The lowest BCUT2D eigenvalue weighted by Crippen LogP contribution is -2.49. The molecular formula is C10H14ClN7O. The van der Waals surface area contributed by atoms with Crippen molar-refractivity contribution < 1.29 is 4.74 Å². The van der Waals surface area contributed by atoms with E-state index in [2.05, 4.69) is 20.0 Å². The monoisotopic (exact) mass is 283 g/mol. The van der Waals surface area contributed by atoms with Gasteiger partial charge in [0.2, 0.25) is 5.95 Å². The van der Waals surface area contributed by atoms with Gasteiger partial charge in [0.25, 0.3) is 0 Å². The molecule has 0 aliphatic carbocycles. The SMILES string of the molecule is C[C@@H]1CO[C@H](CN=[N+]=[N-])CN1c1cc(Cl)nc(N)n1. The molecule has 102 valence electrons. The summed E-state index contributed by atoms with van der Waals surface area (Å²) in [6.07, 6.45) is -0.165. The third-order valence-electron chi connectivity index (χ3n) is 2.85. The van der Waals surface area contributed by atoms with Gasteiger partial charge < -0.3 is 15.4 Å². The molecule has 1 aliphatic rings. The third-order valence-corrected chi connectivity index (χ3v) is 3.04. The topological polar surface area (TPSA) is 113 Å². The lowest BCUT2D eigenvalue weighted by atomic mass is 10.2. The van der Waals surface area contributed by atoms with Crippen LogP contribution in [0.15, 0.2) is 11.2 Å². The third kappa shape index (κ3) is 3.37. The zero-order valence-corrected chi connectivity index (χ0v) is 11.2. The van der Waals surface area contributed by atoms with Crippen LogP contribution >= 0.6 is 11.6 Å². The average Bonchev–Trinajstić information content (AvgIpc) is 2.36. The first-order chi connectivity index (χ1) is 9.10. The number of rotatable bonds is 3. The van der Waals surface area contributed by atoms with E-state index < -0.39 is 0 Å². The molecule has 9 heteroatoms. The van der Waals surface area contributed by atoms with Crippen LogP contribution in [0, 0.1) is 0 Å². The second-order valence-corrected chi connectivity index (χ2v) is 4.66. The van der Waals surface area contributed by atoms with E-state index in [0.717, 1.165) is 0 Å². The van der Waals surface area contributed by atoms with Crippen molar-refractivity contribution in [3.05, 3.63) is 21.7 Å². The Kier molecular flexibility index (Phi) is 4.26. The Bertz CT molecular complexity index is 484. The average molecular weight is 284 g/mol. The zero-order valence-electron chi connectivity index (χ0n) is 10.4. The molecule has 1 fully saturated rings. The Morgan fingerprint density at radius 3 is 3.16 bits per heavy atom. The number of aromatic nitrogens is 2. The van der Waals surface area contributed by atoms with Gasteiger partial charge in [-0.05, 0) is 12.5 Å². The molecule has 0 radical (unpaired) electrons. The van der Waals surface area contributed by atoms with Crippen molar-refractivity contribution in [2.75, 3.05) is 30.3 Å². The van der Waals surface area contributed by atoms with Gasteiger partial charge in [-0.15, -0.1) is 0 Å². The molecule has 2 heterocycles. The van der Waals surface area contributed by atoms with Gasteiger partial charge in [0.15, 0.2) is 0 Å². The Morgan fingerprint density at radius 1 is 1.68 bits per heavy atom. The quantitative estimate of drug-likeness (QED) is 0.392. The van der Waals surface area contributed by atoms with E-state index in [1.807, 2.05) is 11.8 Å². The number of halogens is 1. The predicted octanol–water partition coefficient (Wildman–Crippen LogP) is 1.62. The maximum atomic E-state index is 8.34. The molecule has 2 N–H and O–H groups in total. The van der Waals surface area contributed by atoms with E-state index in [1.165, 1.54) is 0 Å². The molecule has 1 aliphatic heterocycles. The van der Waals surface area contributed by atoms with Crippen LogP contribution in [0.1, 0.15) is 6.92 Å². The number of nitrogen functional groups attached to an aromatic ring is 1. The van der Waals surface area contributed by atoms with Gasteiger partial charge in [-0.2, -0.15) is 4.98 Å². The summed E-state index contributed by atoms with van der Waals surface area (Å²) < 4.78 is 5.59. The first-order valence-electron chi connectivity index (χ1n) is 5.79. The lowest BCUT2D eigenvalue weighted by Gasteiger charge is -2.38. The fourth-order valence-electron chi connectivity index (χ4n) is 1.94. The van der Waals surface area contributed by atoms with Crippen molar-refractivity contribution >= 4 is 23.4 Å². The fraction of sp³-hybridized carbons (Fsp3) is 0.600. The molecule has 1 aromatic heterocycles. The Balaban J connectivity index is 2.18. The van der Waals surface area contributed by atoms with Crippen molar-refractivity contribution in [1.29, 1.82) is 0 Å². The van der Waals surface area contributed by atoms with E-state index in [1.54, 1.807) is 6.07 Å². The number of azide groups is 1.